The average Bonchev–Trinajstić information content (AvgIpc) is 2.46. The molecule has 1 saturated heterocycles. The van der Waals surface area contributed by atoms with Gasteiger partial charge >= 0.3 is 6.09 Å². The molecule has 2 rings (SSSR count). The van der Waals surface area contributed by atoms with Crippen LogP contribution < -0.4 is 9.80 Å². The van der Waals surface area contributed by atoms with Crippen molar-refractivity contribution in [2.45, 2.75) is 0 Å². The molecule has 1 aromatic rings. The zero-order chi connectivity index (χ0) is 13.8. The van der Waals surface area contributed by atoms with Crippen molar-refractivity contribution < 1.29 is 9.53 Å². The minimum Gasteiger partial charge on any atom is -0.453 e. The van der Waals surface area contributed by atoms with Gasteiger partial charge in [0.15, 0.2) is 0 Å². The van der Waals surface area contributed by atoms with E-state index in [2.05, 4.69) is 34.1 Å². The average molecular weight is 263 g/mol. The van der Waals surface area contributed by atoms with Gasteiger partial charge in [0.25, 0.3) is 0 Å². The molecule has 104 valence electrons. The number of rotatable bonds is 2. The van der Waals surface area contributed by atoms with Crippen molar-refractivity contribution in [3.63, 3.8) is 0 Å². The summed E-state index contributed by atoms with van der Waals surface area (Å²) in [5.74, 6) is 0. The van der Waals surface area contributed by atoms with E-state index in [1.165, 1.54) is 18.5 Å². The Hall–Kier alpha value is -1.91. The molecule has 0 saturated carbocycles. The molecule has 0 bridgehead atoms. The van der Waals surface area contributed by atoms with Crippen molar-refractivity contribution in [1.29, 1.82) is 0 Å². The summed E-state index contributed by atoms with van der Waals surface area (Å²) < 4.78 is 4.74. The molecule has 0 aliphatic carbocycles. The molecule has 0 unspecified atom stereocenters. The Morgan fingerprint density at radius 1 is 1.21 bits per heavy atom. The van der Waals surface area contributed by atoms with Gasteiger partial charge in [0.2, 0.25) is 0 Å². The van der Waals surface area contributed by atoms with Crippen LogP contribution >= 0.6 is 0 Å². The van der Waals surface area contributed by atoms with Crippen molar-refractivity contribution in [3.8, 4) is 0 Å². The fraction of sp³-hybridized carbons (Fsp3) is 0.500. The Morgan fingerprint density at radius 2 is 1.89 bits per heavy atom. The lowest BCUT2D eigenvalue weighted by molar-refractivity contribution is 0.121. The Balaban J connectivity index is 2.01. The van der Waals surface area contributed by atoms with Crippen LogP contribution in [-0.4, -0.2) is 58.4 Å². The second-order valence-electron chi connectivity index (χ2n) is 4.86. The van der Waals surface area contributed by atoms with Gasteiger partial charge in [-0.05, 0) is 18.2 Å². The molecule has 1 aliphatic rings. The van der Waals surface area contributed by atoms with E-state index in [0.717, 1.165) is 13.1 Å². The number of carbonyl (C=O) groups is 1. The number of nitrogens with zero attached hydrogens (tertiary/aromatic N) is 3. The number of hydrogen-bond acceptors (Lipinski definition) is 4. The first kappa shape index (κ1) is 13.5. The van der Waals surface area contributed by atoms with E-state index in [4.69, 9.17) is 4.74 Å². The van der Waals surface area contributed by atoms with E-state index in [1.807, 2.05) is 14.1 Å². The Kier molecular flexibility index (Phi) is 4.14. The van der Waals surface area contributed by atoms with Crippen LogP contribution in [0.2, 0.25) is 0 Å². The van der Waals surface area contributed by atoms with Gasteiger partial charge in [-0.2, -0.15) is 0 Å². The molecule has 1 aliphatic heterocycles. The van der Waals surface area contributed by atoms with Crippen LogP contribution in [0.3, 0.4) is 0 Å². The molecular weight excluding hydrogens is 242 g/mol. The van der Waals surface area contributed by atoms with Gasteiger partial charge in [0.05, 0.1) is 7.11 Å². The first-order chi connectivity index (χ1) is 9.11. The third-order valence-electron chi connectivity index (χ3n) is 3.42. The zero-order valence-electron chi connectivity index (χ0n) is 11.8. The van der Waals surface area contributed by atoms with E-state index < -0.39 is 0 Å². The molecule has 0 aromatic heterocycles. The molecule has 5 nitrogen and oxygen atoms in total. The predicted octanol–water partition coefficient (Wildman–Crippen LogP) is 1.64. The molecule has 5 heteroatoms. The molecule has 0 atom stereocenters. The molecule has 1 amide bonds. The monoisotopic (exact) mass is 263 g/mol. The van der Waals surface area contributed by atoms with Crippen LogP contribution in [0.15, 0.2) is 24.3 Å². The highest BCUT2D eigenvalue weighted by Crippen LogP contribution is 2.22. The quantitative estimate of drug-likeness (QED) is 0.812. The zero-order valence-corrected chi connectivity index (χ0v) is 11.8. The Morgan fingerprint density at radius 3 is 2.47 bits per heavy atom. The summed E-state index contributed by atoms with van der Waals surface area (Å²) in [5, 5.41) is 0. The minimum atomic E-state index is -0.235. The highest BCUT2D eigenvalue weighted by molar-refractivity contribution is 5.68. The first-order valence-electron chi connectivity index (χ1n) is 6.47. The summed E-state index contributed by atoms with van der Waals surface area (Å²) >= 11 is 0. The second-order valence-corrected chi connectivity index (χ2v) is 4.86. The number of ether oxygens (including phenoxy) is 1. The van der Waals surface area contributed by atoms with Gasteiger partial charge in [-0.15, -0.1) is 0 Å². The maximum Gasteiger partial charge on any atom is 0.409 e. The standard InChI is InChI=1S/C14H21N3O2/c1-15(2)12-5-4-6-13(11-12)16-7-9-17(10-8-16)14(18)19-3/h4-6,11H,7-10H2,1-3H3. The second kappa shape index (κ2) is 5.82. The fourth-order valence-corrected chi connectivity index (χ4v) is 2.24. The lowest BCUT2D eigenvalue weighted by atomic mass is 10.2. The van der Waals surface area contributed by atoms with Crippen molar-refractivity contribution in [2.24, 2.45) is 0 Å². The number of anilines is 2. The lowest BCUT2D eigenvalue weighted by Crippen LogP contribution is -2.48. The SMILES string of the molecule is COC(=O)N1CCN(c2cccc(N(C)C)c2)CC1. The third kappa shape index (κ3) is 3.10. The van der Waals surface area contributed by atoms with Gasteiger partial charge in [0, 0.05) is 51.6 Å². The molecule has 0 spiro atoms. The summed E-state index contributed by atoms with van der Waals surface area (Å²) in [4.78, 5) is 17.6. The molecule has 1 heterocycles. The molecular formula is C14H21N3O2. The number of benzene rings is 1. The lowest BCUT2D eigenvalue weighted by Gasteiger charge is -2.35. The minimum absolute atomic E-state index is 0.235. The Labute approximate surface area is 114 Å². The maximum atomic E-state index is 11.4. The highest BCUT2D eigenvalue weighted by atomic mass is 16.5. The molecule has 1 aromatic carbocycles. The predicted molar refractivity (Wildman–Crippen MR) is 77.0 cm³/mol. The molecule has 19 heavy (non-hydrogen) atoms. The topological polar surface area (TPSA) is 36.0 Å². The van der Waals surface area contributed by atoms with E-state index in [9.17, 15) is 4.79 Å². The van der Waals surface area contributed by atoms with Crippen molar-refractivity contribution in [1.82, 2.24) is 4.90 Å². The van der Waals surface area contributed by atoms with E-state index in [-0.39, 0.29) is 6.09 Å². The van der Waals surface area contributed by atoms with Crippen molar-refractivity contribution in [2.75, 3.05) is 57.2 Å². The third-order valence-corrected chi connectivity index (χ3v) is 3.42. The van der Waals surface area contributed by atoms with E-state index >= 15 is 0 Å². The van der Waals surface area contributed by atoms with E-state index in [0.29, 0.717) is 13.1 Å². The van der Waals surface area contributed by atoms with Gasteiger partial charge < -0.3 is 19.4 Å². The summed E-state index contributed by atoms with van der Waals surface area (Å²) in [6.45, 7) is 3.09. The Bertz CT molecular complexity index is 440. The van der Waals surface area contributed by atoms with Gasteiger partial charge in [-0.1, -0.05) is 6.07 Å². The summed E-state index contributed by atoms with van der Waals surface area (Å²) in [7, 11) is 5.50. The van der Waals surface area contributed by atoms with Crippen LogP contribution in [0.1, 0.15) is 0 Å². The number of amides is 1. The van der Waals surface area contributed by atoms with Crippen LogP contribution in [-0.2, 0) is 4.74 Å². The van der Waals surface area contributed by atoms with Gasteiger partial charge in [-0.3, -0.25) is 0 Å². The van der Waals surface area contributed by atoms with Crippen LogP contribution in [0.25, 0.3) is 0 Å². The number of piperazine rings is 1. The number of carbonyl (C=O) groups excluding carboxylic acids is 1. The van der Waals surface area contributed by atoms with Crippen LogP contribution in [0, 0.1) is 0 Å². The van der Waals surface area contributed by atoms with E-state index in [1.54, 1.807) is 4.90 Å². The molecule has 1 fully saturated rings. The molecule has 0 radical (unpaired) electrons. The number of hydrogen-bond donors (Lipinski definition) is 0. The largest absolute Gasteiger partial charge is 0.453 e. The van der Waals surface area contributed by atoms with Crippen LogP contribution in [0.4, 0.5) is 16.2 Å². The van der Waals surface area contributed by atoms with Crippen molar-refractivity contribution >= 4 is 17.5 Å². The number of methoxy groups -OCH3 is 1. The van der Waals surface area contributed by atoms with Gasteiger partial charge in [0.1, 0.15) is 0 Å². The van der Waals surface area contributed by atoms with Crippen molar-refractivity contribution in [3.05, 3.63) is 24.3 Å². The smallest absolute Gasteiger partial charge is 0.409 e. The summed E-state index contributed by atoms with van der Waals surface area (Å²) in [5.41, 5.74) is 2.39. The maximum absolute atomic E-state index is 11.4. The normalized spacial score (nSPS) is 15.3. The highest BCUT2D eigenvalue weighted by Gasteiger charge is 2.21. The van der Waals surface area contributed by atoms with Crippen LogP contribution in [0.5, 0.6) is 0 Å². The molecule has 0 N–H and O–H groups in total. The summed E-state index contributed by atoms with van der Waals surface area (Å²) in [6, 6.07) is 8.44. The first-order valence-corrected chi connectivity index (χ1v) is 6.47. The summed E-state index contributed by atoms with van der Waals surface area (Å²) in [6.07, 6.45) is -0.235. The van der Waals surface area contributed by atoms with Gasteiger partial charge in [-0.25, -0.2) is 4.79 Å². The fourth-order valence-electron chi connectivity index (χ4n) is 2.24.